The summed E-state index contributed by atoms with van der Waals surface area (Å²) in [5.74, 6) is 0.0427. The number of carbonyl (C=O) groups is 1. The van der Waals surface area contributed by atoms with Gasteiger partial charge in [0.25, 0.3) is 5.91 Å². The van der Waals surface area contributed by atoms with Crippen LogP contribution in [0.3, 0.4) is 0 Å². The minimum absolute atomic E-state index is 0.0840. The van der Waals surface area contributed by atoms with Crippen LogP contribution >= 0.6 is 0 Å². The van der Waals surface area contributed by atoms with E-state index in [1.54, 1.807) is 6.07 Å². The Morgan fingerprint density at radius 1 is 1.00 bits per heavy atom. The molecule has 0 aliphatic carbocycles. The first-order chi connectivity index (χ1) is 16.1. The summed E-state index contributed by atoms with van der Waals surface area (Å²) in [7, 11) is 0. The molecule has 1 amide bonds. The predicted octanol–water partition coefficient (Wildman–Crippen LogP) is 4.35. The zero-order valence-electron chi connectivity index (χ0n) is 19.2. The van der Waals surface area contributed by atoms with E-state index >= 15 is 0 Å². The largest absolute Gasteiger partial charge is 0.345 e. The fraction of sp³-hybridized carbons (Fsp3) is 0.444. The van der Waals surface area contributed by atoms with Gasteiger partial charge in [-0.1, -0.05) is 30.3 Å². The van der Waals surface area contributed by atoms with Crippen molar-refractivity contribution in [2.24, 2.45) is 5.73 Å². The van der Waals surface area contributed by atoms with Crippen molar-refractivity contribution >= 4 is 16.8 Å². The zero-order valence-corrected chi connectivity index (χ0v) is 19.2. The second-order valence-corrected chi connectivity index (χ2v) is 9.43. The molecule has 2 aliphatic heterocycles. The van der Waals surface area contributed by atoms with E-state index in [0.29, 0.717) is 19.6 Å². The molecular weight excluding hydrogens is 415 g/mol. The summed E-state index contributed by atoms with van der Waals surface area (Å²) in [6.07, 6.45) is 6.15. The first-order valence-corrected chi connectivity index (χ1v) is 12.2. The van der Waals surface area contributed by atoms with Gasteiger partial charge in [-0.15, -0.1) is 0 Å². The smallest absolute Gasteiger partial charge is 0.256 e. The molecule has 1 aromatic heterocycles. The highest BCUT2D eigenvalue weighted by Crippen LogP contribution is 2.32. The zero-order chi connectivity index (χ0) is 22.8. The molecule has 0 spiro atoms. The van der Waals surface area contributed by atoms with E-state index in [1.165, 1.54) is 32.0 Å². The molecule has 2 aliphatic rings. The van der Waals surface area contributed by atoms with Gasteiger partial charge in [0.05, 0.1) is 5.56 Å². The molecule has 3 heterocycles. The molecule has 5 nitrogen and oxygen atoms in total. The average molecular weight is 449 g/mol. The highest BCUT2D eigenvalue weighted by Gasteiger charge is 2.28. The number of fused-ring (bicyclic) bond motifs is 1. The van der Waals surface area contributed by atoms with E-state index in [2.05, 4.69) is 21.6 Å². The van der Waals surface area contributed by atoms with Crippen LogP contribution in [0.4, 0.5) is 4.39 Å². The number of piperidine rings is 1. The molecule has 2 aromatic carbocycles. The van der Waals surface area contributed by atoms with Gasteiger partial charge in [0.1, 0.15) is 5.82 Å². The van der Waals surface area contributed by atoms with Crippen LogP contribution < -0.4 is 5.73 Å². The Bertz CT molecular complexity index is 1130. The molecule has 3 aromatic rings. The molecular formula is C27H33FN4O. The number of amides is 1. The normalized spacial score (nSPS) is 17.8. The number of nitrogens with zero attached hydrogens (tertiary/aromatic N) is 3. The third-order valence-electron chi connectivity index (χ3n) is 7.39. The molecule has 33 heavy (non-hydrogen) atoms. The first kappa shape index (κ1) is 22.1. The van der Waals surface area contributed by atoms with Gasteiger partial charge in [0, 0.05) is 49.8 Å². The molecule has 0 radical (unpaired) electrons. The lowest BCUT2D eigenvalue weighted by Gasteiger charge is -2.32. The van der Waals surface area contributed by atoms with Gasteiger partial charge in [-0.3, -0.25) is 4.79 Å². The predicted molar refractivity (Wildman–Crippen MR) is 130 cm³/mol. The number of likely N-dealkylation sites (tertiary alicyclic amines) is 2. The highest BCUT2D eigenvalue weighted by atomic mass is 19.1. The van der Waals surface area contributed by atoms with Crippen LogP contribution in [0, 0.1) is 5.82 Å². The van der Waals surface area contributed by atoms with E-state index in [9.17, 15) is 9.18 Å². The number of halogens is 1. The van der Waals surface area contributed by atoms with Gasteiger partial charge in [-0.25, -0.2) is 4.39 Å². The highest BCUT2D eigenvalue weighted by molar-refractivity contribution is 6.07. The van der Waals surface area contributed by atoms with Crippen LogP contribution in [-0.4, -0.2) is 53.0 Å². The Morgan fingerprint density at radius 2 is 1.76 bits per heavy atom. The number of hydrogen-bond acceptors (Lipinski definition) is 3. The monoisotopic (exact) mass is 448 g/mol. The van der Waals surface area contributed by atoms with E-state index < -0.39 is 0 Å². The Balaban J connectivity index is 1.30. The van der Waals surface area contributed by atoms with Crippen molar-refractivity contribution in [2.75, 3.05) is 32.7 Å². The van der Waals surface area contributed by atoms with E-state index in [-0.39, 0.29) is 17.6 Å². The maximum Gasteiger partial charge on any atom is 0.256 e. The van der Waals surface area contributed by atoms with Crippen LogP contribution in [-0.2, 0) is 13.1 Å². The SMILES string of the molecule is NCc1ccc(F)c(C2CCN(C(=O)c3cn(CCN4CCCC4)c4ccccc34)CC2)c1. The third kappa shape index (κ3) is 4.55. The van der Waals surface area contributed by atoms with E-state index in [4.69, 9.17) is 5.73 Å². The fourth-order valence-corrected chi connectivity index (χ4v) is 5.45. The Morgan fingerprint density at radius 3 is 2.52 bits per heavy atom. The molecule has 0 atom stereocenters. The van der Waals surface area contributed by atoms with Crippen LogP contribution in [0.5, 0.6) is 0 Å². The first-order valence-electron chi connectivity index (χ1n) is 12.2. The van der Waals surface area contributed by atoms with Crippen molar-refractivity contribution in [2.45, 2.75) is 44.7 Å². The number of para-hydroxylation sites is 1. The number of rotatable bonds is 6. The van der Waals surface area contributed by atoms with Gasteiger partial charge in [0.2, 0.25) is 0 Å². The summed E-state index contributed by atoms with van der Waals surface area (Å²) in [6, 6.07) is 13.4. The van der Waals surface area contributed by atoms with Gasteiger partial charge in [-0.2, -0.15) is 0 Å². The van der Waals surface area contributed by atoms with Crippen LogP contribution in [0.25, 0.3) is 10.9 Å². The molecule has 174 valence electrons. The summed E-state index contributed by atoms with van der Waals surface area (Å²) in [5.41, 5.74) is 9.34. The van der Waals surface area contributed by atoms with Crippen molar-refractivity contribution < 1.29 is 9.18 Å². The second kappa shape index (κ2) is 9.65. The van der Waals surface area contributed by atoms with Crippen LogP contribution in [0.15, 0.2) is 48.7 Å². The number of hydrogen-bond donors (Lipinski definition) is 1. The lowest BCUT2D eigenvalue weighted by molar-refractivity contribution is 0.0714. The number of aromatic nitrogens is 1. The summed E-state index contributed by atoms with van der Waals surface area (Å²) >= 11 is 0. The fourth-order valence-electron chi connectivity index (χ4n) is 5.45. The molecule has 5 rings (SSSR count). The standard InChI is InChI=1S/C27H33FN4O/c28-25-8-7-20(18-29)17-23(25)21-9-13-31(14-10-21)27(33)24-19-32(16-15-30-11-3-4-12-30)26-6-2-1-5-22(24)26/h1-2,5-8,17,19,21H,3-4,9-16,18,29H2. The Kier molecular flexibility index (Phi) is 6.47. The van der Waals surface area contributed by atoms with Crippen molar-refractivity contribution in [1.82, 2.24) is 14.4 Å². The molecule has 6 heteroatoms. The van der Waals surface area contributed by atoms with Crippen LogP contribution in [0.1, 0.15) is 53.1 Å². The van der Waals surface area contributed by atoms with Crippen molar-refractivity contribution in [3.05, 3.63) is 71.2 Å². The van der Waals surface area contributed by atoms with Gasteiger partial charge >= 0.3 is 0 Å². The lowest BCUT2D eigenvalue weighted by atomic mass is 9.88. The maximum absolute atomic E-state index is 14.4. The minimum Gasteiger partial charge on any atom is -0.345 e. The van der Waals surface area contributed by atoms with Gasteiger partial charge in [-0.05, 0) is 68.0 Å². The van der Waals surface area contributed by atoms with Crippen LogP contribution in [0.2, 0.25) is 0 Å². The minimum atomic E-state index is -0.168. The molecule has 2 saturated heterocycles. The van der Waals surface area contributed by atoms with Gasteiger partial charge < -0.3 is 20.1 Å². The quantitative estimate of drug-likeness (QED) is 0.610. The molecule has 2 N–H and O–H groups in total. The van der Waals surface area contributed by atoms with E-state index in [0.717, 1.165) is 53.5 Å². The summed E-state index contributed by atoms with van der Waals surface area (Å²) < 4.78 is 16.7. The van der Waals surface area contributed by atoms with Gasteiger partial charge in [0.15, 0.2) is 0 Å². The summed E-state index contributed by atoms with van der Waals surface area (Å²) in [6.45, 7) is 5.96. The third-order valence-corrected chi connectivity index (χ3v) is 7.39. The molecule has 0 saturated carbocycles. The molecule has 0 bridgehead atoms. The van der Waals surface area contributed by atoms with E-state index in [1.807, 2.05) is 29.3 Å². The molecule has 0 unspecified atom stereocenters. The summed E-state index contributed by atoms with van der Waals surface area (Å²) in [5, 5.41) is 1.02. The number of carbonyl (C=O) groups excluding carboxylic acids is 1. The average Bonchev–Trinajstić information content (AvgIpc) is 3.51. The Labute approximate surface area is 195 Å². The molecule has 2 fully saturated rings. The number of benzene rings is 2. The second-order valence-electron chi connectivity index (χ2n) is 9.43. The van der Waals surface area contributed by atoms with Crippen molar-refractivity contribution in [3.63, 3.8) is 0 Å². The topological polar surface area (TPSA) is 54.5 Å². The number of nitrogens with two attached hydrogens (primary N) is 1. The lowest BCUT2D eigenvalue weighted by Crippen LogP contribution is -2.38. The van der Waals surface area contributed by atoms with Crippen molar-refractivity contribution in [1.29, 1.82) is 0 Å². The maximum atomic E-state index is 14.4. The van der Waals surface area contributed by atoms with Crippen molar-refractivity contribution in [3.8, 4) is 0 Å². The Hall–Kier alpha value is -2.70. The summed E-state index contributed by atoms with van der Waals surface area (Å²) in [4.78, 5) is 17.9.